The van der Waals surface area contributed by atoms with Gasteiger partial charge in [-0.1, -0.05) is 12.2 Å². The quantitative estimate of drug-likeness (QED) is 0.636. The summed E-state index contributed by atoms with van der Waals surface area (Å²) in [5.74, 6) is 0.137. The number of fused-ring (bicyclic) bond motifs is 1. The van der Waals surface area contributed by atoms with E-state index < -0.39 is 5.60 Å². The minimum atomic E-state index is -0.654. The van der Waals surface area contributed by atoms with Gasteiger partial charge in [0.05, 0.1) is 17.1 Å². The molecule has 2 fully saturated rings. The van der Waals surface area contributed by atoms with Gasteiger partial charge < -0.3 is 5.11 Å². The first-order chi connectivity index (χ1) is 7.50. The normalized spacial score (nSPS) is 44.3. The van der Waals surface area contributed by atoms with Crippen LogP contribution >= 0.6 is 0 Å². The Morgan fingerprint density at radius 2 is 2.19 bits per heavy atom. The number of hydrogen-bond acceptors (Lipinski definition) is 2. The minimum Gasteiger partial charge on any atom is -0.390 e. The Kier molecular flexibility index (Phi) is 2.84. The molecule has 0 radical (unpaired) electrons. The molecule has 0 amide bonds. The summed E-state index contributed by atoms with van der Waals surface area (Å²) in [7, 11) is 0. The van der Waals surface area contributed by atoms with Gasteiger partial charge >= 0.3 is 0 Å². The Hall–Kier alpha value is -0.810. The summed E-state index contributed by atoms with van der Waals surface area (Å²) in [5.41, 5.74) is 0.204. The van der Waals surface area contributed by atoms with Crippen LogP contribution in [-0.2, 0) is 0 Å². The van der Waals surface area contributed by atoms with Gasteiger partial charge in [0.15, 0.2) is 0 Å². The largest absolute Gasteiger partial charge is 0.390 e. The smallest absolute Gasteiger partial charge is 0.0697 e. The number of rotatable bonds is 0. The first-order valence-electron chi connectivity index (χ1n) is 6.30. The Labute approximate surface area is 98.0 Å². The molecule has 2 aliphatic carbocycles. The van der Waals surface area contributed by atoms with Crippen LogP contribution < -0.4 is 0 Å². The van der Waals surface area contributed by atoms with E-state index in [1.165, 1.54) is 5.57 Å². The van der Waals surface area contributed by atoms with E-state index in [1.807, 2.05) is 6.92 Å². The third-order valence-corrected chi connectivity index (χ3v) is 4.53. The van der Waals surface area contributed by atoms with E-state index in [9.17, 15) is 10.4 Å². The second-order valence-electron chi connectivity index (χ2n) is 5.85. The molecule has 2 saturated carbocycles. The Morgan fingerprint density at radius 3 is 2.88 bits per heavy atom. The predicted molar refractivity (Wildman–Crippen MR) is 63.6 cm³/mol. The fourth-order valence-electron chi connectivity index (χ4n) is 3.77. The van der Waals surface area contributed by atoms with Crippen molar-refractivity contribution in [3.63, 3.8) is 0 Å². The molecular weight excluding hydrogens is 198 g/mol. The monoisotopic (exact) mass is 219 g/mol. The number of hydrogen-bond donors (Lipinski definition) is 1. The summed E-state index contributed by atoms with van der Waals surface area (Å²) in [5, 5.41) is 20.0. The van der Waals surface area contributed by atoms with E-state index >= 15 is 0 Å². The summed E-state index contributed by atoms with van der Waals surface area (Å²) in [4.78, 5) is 0. The molecule has 2 heteroatoms. The maximum Gasteiger partial charge on any atom is 0.0697 e. The molecule has 1 N–H and O–H groups in total. The maximum atomic E-state index is 10.5. The lowest BCUT2D eigenvalue weighted by Gasteiger charge is -2.47. The highest BCUT2D eigenvalue weighted by Gasteiger charge is 2.51. The summed E-state index contributed by atoms with van der Waals surface area (Å²) in [6, 6.07) is 2.52. The molecule has 2 aliphatic rings. The number of nitrogens with zero attached hydrogens (tertiary/aromatic N) is 1. The summed E-state index contributed by atoms with van der Waals surface area (Å²) >= 11 is 0. The van der Waals surface area contributed by atoms with Crippen molar-refractivity contribution >= 4 is 0 Å². The average molecular weight is 219 g/mol. The summed E-state index contributed by atoms with van der Waals surface area (Å²) in [6.07, 6.45) is 6.60. The first-order valence-corrected chi connectivity index (χ1v) is 6.30. The van der Waals surface area contributed by atoms with Crippen LogP contribution in [0.2, 0.25) is 0 Å². The molecular formula is C14H21NO. The highest BCUT2D eigenvalue weighted by molar-refractivity contribution is 5.18. The average Bonchev–Trinajstić information content (AvgIpc) is 2.38. The second-order valence-corrected chi connectivity index (χ2v) is 5.85. The van der Waals surface area contributed by atoms with Gasteiger partial charge in [-0.15, -0.1) is 0 Å². The number of allylic oxidation sites excluding steroid dienone is 1. The molecule has 2 nitrogen and oxygen atoms in total. The van der Waals surface area contributed by atoms with E-state index in [-0.39, 0.29) is 11.3 Å². The van der Waals surface area contributed by atoms with Gasteiger partial charge in [0.25, 0.3) is 0 Å². The van der Waals surface area contributed by atoms with Gasteiger partial charge in [-0.25, -0.2) is 0 Å². The van der Waals surface area contributed by atoms with Crippen molar-refractivity contribution in [2.75, 3.05) is 0 Å². The van der Waals surface area contributed by atoms with Crippen LogP contribution in [0.15, 0.2) is 12.2 Å². The van der Waals surface area contributed by atoms with Crippen LogP contribution in [0.5, 0.6) is 0 Å². The molecule has 0 heterocycles. The molecule has 0 aromatic rings. The zero-order chi connectivity index (χ0) is 11.8. The van der Waals surface area contributed by atoms with E-state index in [0.29, 0.717) is 0 Å². The molecule has 88 valence electrons. The molecule has 3 atom stereocenters. The van der Waals surface area contributed by atoms with E-state index in [1.54, 1.807) is 0 Å². The molecule has 16 heavy (non-hydrogen) atoms. The SMILES string of the molecule is C=C1CCC[C@@H]2[C@@](C#N)(CCC[C@]2(C)O)C1. The Bertz CT molecular complexity index is 339. The van der Waals surface area contributed by atoms with Gasteiger partial charge in [0.2, 0.25) is 0 Å². The third-order valence-electron chi connectivity index (χ3n) is 4.53. The molecule has 0 aliphatic heterocycles. The number of nitriles is 1. The predicted octanol–water partition coefficient (Wildman–Crippen LogP) is 3.18. The highest BCUT2D eigenvalue weighted by atomic mass is 16.3. The van der Waals surface area contributed by atoms with Gasteiger partial charge in [0, 0.05) is 5.92 Å². The van der Waals surface area contributed by atoms with Gasteiger partial charge in [-0.3, -0.25) is 0 Å². The van der Waals surface area contributed by atoms with E-state index in [0.717, 1.165) is 44.9 Å². The zero-order valence-corrected chi connectivity index (χ0v) is 10.1. The van der Waals surface area contributed by atoms with Crippen molar-refractivity contribution in [2.24, 2.45) is 11.3 Å². The van der Waals surface area contributed by atoms with Crippen molar-refractivity contribution in [1.82, 2.24) is 0 Å². The molecule has 0 aromatic carbocycles. The Balaban J connectivity index is 2.37. The topological polar surface area (TPSA) is 44.0 Å². The van der Waals surface area contributed by atoms with Crippen LogP contribution in [0.25, 0.3) is 0 Å². The first kappa shape index (κ1) is 11.7. The van der Waals surface area contributed by atoms with Crippen LogP contribution in [-0.4, -0.2) is 10.7 Å². The summed E-state index contributed by atoms with van der Waals surface area (Å²) < 4.78 is 0. The van der Waals surface area contributed by atoms with Crippen molar-refractivity contribution in [2.45, 2.75) is 57.5 Å². The third kappa shape index (κ3) is 1.78. The molecule has 0 unspecified atom stereocenters. The molecule has 0 spiro atoms. The highest BCUT2D eigenvalue weighted by Crippen LogP contribution is 2.53. The molecule has 0 aromatic heterocycles. The van der Waals surface area contributed by atoms with Crippen LogP contribution in [0.4, 0.5) is 0 Å². The van der Waals surface area contributed by atoms with Crippen molar-refractivity contribution in [1.29, 1.82) is 5.26 Å². The van der Waals surface area contributed by atoms with Crippen LogP contribution in [0.3, 0.4) is 0 Å². The molecule has 2 rings (SSSR count). The standard InChI is InChI=1S/C14H21NO/c1-11-5-3-6-12-13(2,16)7-4-8-14(12,9-11)10-15/h12,16H,1,3-9H2,2H3/t12-,13-,14-/m0/s1. The van der Waals surface area contributed by atoms with Crippen LogP contribution in [0.1, 0.15) is 51.9 Å². The molecule has 0 saturated heterocycles. The van der Waals surface area contributed by atoms with Crippen LogP contribution in [0, 0.1) is 22.7 Å². The number of aliphatic hydroxyl groups is 1. The zero-order valence-electron chi connectivity index (χ0n) is 10.1. The van der Waals surface area contributed by atoms with Gasteiger partial charge in [-0.2, -0.15) is 5.26 Å². The fourth-order valence-corrected chi connectivity index (χ4v) is 3.77. The lowest BCUT2D eigenvalue weighted by atomic mass is 9.58. The summed E-state index contributed by atoms with van der Waals surface area (Å²) in [6.45, 7) is 5.99. The minimum absolute atomic E-state index is 0.137. The van der Waals surface area contributed by atoms with Gasteiger partial charge in [-0.05, 0) is 51.9 Å². The van der Waals surface area contributed by atoms with Crippen molar-refractivity contribution < 1.29 is 5.11 Å². The second kappa shape index (κ2) is 3.89. The van der Waals surface area contributed by atoms with E-state index in [4.69, 9.17) is 0 Å². The lowest BCUT2D eigenvalue weighted by Crippen LogP contribution is -2.48. The lowest BCUT2D eigenvalue weighted by molar-refractivity contribution is -0.0827. The Morgan fingerprint density at radius 1 is 1.44 bits per heavy atom. The van der Waals surface area contributed by atoms with Crippen molar-refractivity contribution in [3.8, 4) is 6.07 Å². The van der Waals surface area contributed by atoms with Crippen molar-refractivity contribution in [3.05, 3.63) is 12.2 Å². The maximum absolute atomic E-state index is 10.5. The van der Waals surface area contributed by atoms with Gasteiger partial charge in [0.1, 0.15) is 0 Å². The van der Waals surface area contributed by atoms with E-state index in [2.05, 4.69) is 12.6 Å². The fraction of sp³-hybridized carbons (Fsp3) is 0.786. The molecule has 0 bridgehead atoms.